The molecule has 0 saturated carbocycles. The summed E-state index contributed by atoms with van der Waals surface area (Å²) in [7, 11) is 4.65. The number of nitrogens with zero attached hydrogens (tertiary/aromatic N) is 4. The highest BCUT2D eigenvalue weighted by molar-refractivity contribution is 7.97. The van der Waals surface area contributed by atoms with Gasteiger partial charge in [-0.3, -0.25) is 23.7 Å². The number of methoxy groups -OCH3 is 2. The summed E-state index contributed by atoms with van der Waals surface area (Å²) in [6.07, 6.45) is 1.36. The number of esters is 1. The molecule has 1 atom stereocenters. The maximum absolute atomic E-state index is 12.0. The smallest absolute Gasteiger partial charge is 0.419 e. The quantitative estimate of drug-likeness (QED) is 0.146. The molecule has 11 nitrogen and oxygen atoms in total. The van der Waals surface area contributed by atoms with Crippen LogP contribution in [0.25, 0.3) is 0 Å². The molecule has 12 heteroatoms. The van der Waals surface area contributed by atoms with Gasteiger partial charge < -0.3 is 24.3 Å². The van der Waals surface area contributed by atoms with Crippen molar-refractivity contribution in [2.45, 2.75) is 39.2 Å². The Bertz CT molecular complexity index is 612. The highest BCUT2D eigenvalue weighted by Crippen LogP contribution is 2.15. The zero-order valence-corrected chi connectivity index (χ0v) is 22.1. The summed E-state index contributed by atoms with van der Waals surface area (Å²) < 4.78 is 11.1. The van der Waals surface area contributed by atoms with Gasteiger partial charge in [0.05, 0.1) is 20.8 Å². The lowest BCUT2D eigenvalue weighted by molar-refractivity contribution is -0.145. The summed E-state index contributed by atoms with van der Waals surface area (Å²) in [6, 6.07) is -0.846. The van der Waals surface area contributed by atoms with Gasteiger partial charge in [-0.05, 0) is 38.4 Å². The van der Waals surface area contributed by atoms with Crippen molar-refractivity contribution in [1.29, 1.82) is 0 Å². The van der Waals surface area contributed by atoms with Gasteiger partial charge in [-0.2, -0.15) is 0 Å². The second-order valence-corrected chi connectivity index (χ2v) is 8.89. The predicted molar refractivity (Wildman–Crippen MR) is 132 cm³/mol. The number of hydrogen-bond donors (Lipinski definition) is 1. The van der Waals surface area contributed by atoms with Crippen molar-refractivity contribution >= 4 is 36.3 Å². The Labute approximate surface area is 207 Å². The first-order valence-electron chi connectivity index (χ1n) is 11.6. The number of carbonyl (C=O) groups excluding carboxylic acids is 3. The number of carboxylic acids is 1. The molecule has 0 aromatic heterocycles. The van der Waals surface area contributed by atoms with E-state index in [0.717, 1.165) is 19.5 Å². The number of ether oxygens (including phenoxy) is 2. The van der Waals surface area contributed by atoms with Gasteiger partial charge in [0, 0.05) is 51.4 Å². The lowest BCUT2D eigenvalue weighted by Crippen LogP contribution is -2.48. The molecule has 0 radical (unpaired) electrons. The van der Waals surface area contributed by atoms with Crippen molar-refractivity contribution in [3.8, 4) is 0 Å². The van der Waals surface area contributed by atoms with Crippen LogP contribution in [0.1, 0.15) is 33.1 Å². The summed E-state index contributed by atoms with van der Waals surface area (Å²) in [6.45, 7) is 8.10. The van der Waals surface area contributed by atoms with E-state index >= 15 is 0 Å². The van der Waals surface area contributed by atoms with Gasteiger partial charge in [0.25, 0.3) is 0 Å². The molecule has 1 N–H and O–H groups in total. The Kier molecular flexibility index (Phi) is 18.3. The van der Waals surface area contributed by atoms with E-state index in [4.69, 9.17) is 9.47 Å². The molecule has 0 aliphatic rings. The second-order valence-electron chi connectivity index (χ2n) is 7.79. The van der Waals surface area contributed by atoms with E-state index in [2.05, 4.69) is 4.90 Å². The minimum Gasteiger partial charge on any atom is -0.480 e. The predicted octanol–water partition coefficient (Wildman–Crippen LogP) is 1.27. The van der Waals surface area contributed by atoms with Crippen LogP contribution in [0.15, 0.2) is 0 Å². The zero-order valence-electron chi connectivity index (χ0n) is 21.2. The third kappa shape index (κ3) is 13.7. The number of carbonyl (C=O) groups is 4. The maximum Gasteiger partial charge on any atom is 0.419 e. The van der Waals surface area contributed by atoms with Gasteiger partial charge in [0.1, 0.15) is 12.3 Å². The summed E-state index contributed by atoms with van der Waals surface area (Å²) in [5.74, 6) is -0.893. The van der Waals surface area contributed by atoms with Crippen molar-refractivity contribution < 1.29 is 33.8 Å². The van der Waals surface area contributed by atoms with Crippen LogP contribution < -0.4 is 0 Å². The van der Waals surface area contributed by atoms with Crippen molar-refractivity contribution in [3.05, 3.63) is 0 Å². The normalized spacial score (nSPS) is 12.1. The Hall–Kier alpha value is -1.89. The number of aliphatic carboxylic acids is 1. The molecule has 0 rings (SSSR count). The highest BCUT2D eigenvalue weighted by Gasteiger charge is 2.26. The van der Waals surface area contributed by atoms with Gasteiger partial charge in [0.15, 0.2) is 0 Å². The van der Waals surface area contributed by atoms with Crippen LogP contribution in [-0.4, -0.2) is 134 Å². The van der Waals surface area contributed by atoms with Crippen molar-refractivity contribution in [2.75, 3.05) is 79.4 Å². The lowest BCUT2D eigenvalue weighted by atomic mass is 10.1. The summed E-state index contributed by atoms with van der Waals surface area (Å²) >= 11 is 1.29. The Morgan fingerprint density at radius 2 is 1.68 bits per heavy atom. The molecule has 0 saturated heterocycles. The molecular formula is C22H42N4O7S. The molecule has 1 unspecified atom stereocenters. The fourth-order valence-electron chi connectivity index (χ4n) is 3.15. The molecule has 0 bridgehead atoms. The molecule has 34 heavy (non-hydrogen) atoms. The number of amides is 1. The molecule has 0 aliphatic heterocycles. The fourth-order valence-corrected chi connectivity index (χ4v) is 4.18. The summed E-state index contributed by atoms with van der Waals surface area (Å²) in [4.78, 5) is 52.6. The van der Waals surface area contributed by atoms with E-state index in [1.807, 2.05) is 25.8 Å². The van der Waals surface area contributed by atoms with E-state index in [1.165, 1.54) is 30.5 Å². The van der Waals surface area contributed by atoms with Gasteiger partial charge in [-0.15, -0.1) is 0 Å². The van der Waals surface area contributed by atoms with E-state index < -0.39 is 18.1 Å². The summed E-state index contributed by atoms with van der Waals surface area (Å²) in [5, 5.41) is 9.80. The van der Waals surface area contributed by atoms with Crippen LogP contribution >= 0.6 is 11.9 Å². The first-order chi connectivity index (χ1) is 16.2. The fraction of sp³-hybridized carbons (Fsp3) is 0.818. The topological polar surface area (TPSA) is 120 Å². The third-order valence-electron chi connectivity index (χ3n) is 5.34. The SMILES string of the molecule is CCCN(SCCN(CCN(CCN(C)CC)CC(=O)OC)C(CCC=O)C(=O)O)C(=O)OC. The average Bonchev–Trinajstić information content (AvgIpc) is 2.83. The van der Waals surface area contributed by atoms with Crippen LogP contribution in [0.3, 0.4) is 0 Å². The molecule has 0 aliphatic carbocycles. The Balaban J connectivity index is 5.35. The van der Waals surface area contributed by atoms with Crippen molar-refractivity contribution in [3.63, 3.8) is 0 Å². The minimum absolute atomic E-state index is 0.106. The first-order valence-corrected chi connectivity index (χ1v) is 12.5. The Morgan fingerprint density at radius 1 is 1.00 bits per heavy atom. The maximum atomic E-state index is 12.0. The van der Waals surface area contributed by atoms with E-state index in [9.17, 15) is 24.3 Å². The van der Waals surface area contributed by atoms with E-state index in [1.54, 1.807) is 4.90 Å². The monoisotopic (exact) mass is 506 g/mol. The number of likely N-dealkylation sites (N-methyl/N-ethyl adjacent to an activating group) is 1. The van der Waals surface area contributed by atoms with Crippen LogP contribution in [0, 0.1) is 0 Å². The van der Waals surface area contributed by atoms with Crippen molar-refractivity contribution in [1.82, 2.24) is 19.0 Å². The largest absolute Gasteiger partial charge is 0.480 e. The highest BCUT2D eigenvalue weighted by atomic mass is 32.2. The van der Waals surface area contributed by atoms with Crippen LogP contribution in [0.2, 0.25) is 0 Å². The summed E-state index contributed by atoms with van der Waals surface area (Å²) in [5.41, 5.74) is 0. The van der Waals surface area contributed by atoms with E-state index in [-0.39, 0.29) is 25.4 Å². The lowest BCUT2D eigenvalue weighted by Gasteiger charge is -2.32. The standard InChI is InChI=1S/C22H42N4O7S/c1-6-10-26(22(31)33-5)34-17-15-25(19(21(29)30)9-8-16-27)14-13-24(18-20(28)32-4)12-11-23(3)7-2/h16,19H,6-15,17-18H2,1-5H3,(H,29,30). The molecule has 0 aromatic rings. The number of aldehydes is 1. The van der Waals surface area contributed by atoms with Gasteiger partial charge in [-0.1, -0.05) is 13.8 Å². The van der Waals surface area contributed by atoms with Crippen LogP contribution in [0.4, 0.5) is 4.79 Å². The first kappa shape index (κ1) is 32.1. The average molecular weight is 507 g/mol. The second kappa shape index (κ2) is 19.4. The van der Waals surface area contributed by atoms with Gasteiger partial charge in [-0.25, -0.2) is 4.79 Å². The molecule has 0 heterocycles. The third-order valence-corrected chi connectivity index (χ3v) is 6.34. The van der Waals surface area contributed by atoms with Crippen LogP contribution in [-0.2, 0) is 23.9 Å². The molecule has 1 amide bonds. The molecular weight excluding hydrogens is 464 g/mol. The zero-order chi connectivity index (χ0) is 25.9. The van der Waals surface area contributed by atoms with Gasteiger partial charge in [0.2, 0.25) is 0 Å². The molecule has 0 aromatic carbocycles. The number of hydrogen-bond acceptors (Lipinski definition) is 10. The number of carboxylic acid groups (broad SMARTS) is 1. The molecule has 198 valence electrons. The minimum atomic E-state index is -1.00. The molecule has 0 spiro atoms. The van der Waals surface area contributed by atoms with E-state index in [0.29, 0.717) is 44.8 Å². The van der Waals surface area contributed by atoms with Gasteiger partial charge >= 0.3 is 18.0 Å². The Morgan fingerprint density at radius 3 is 2.21 bits per heavy atom. The van der Waals surface area contributed by atoms with Crippen molar-refractivity contribution in [2.24, 2.45) is 0 Å². The number of rotatable bonds is 20. The molecule has 0 fully saturated rings. The van der Waals surface area contributed by atoms with Crippen LogP contribution in [0.5, 0.6) is 0 Å².